The van der Waals surface area contributed by atoms with Crippen molar-refractivity contribution in [1.29, 1.82) is 0 Å². The highest BCUT2D eigenvalue weighted by molar-refractivity contribution is 6.30. The monoisotopic (exact) mass is 962 g/mol. The van der Waals surface area contributed by atoms with Gasteiger partial charge in [-0.15, -0.1) is 0 Å². The van der Waals surface area contributed by atoms with Crippen molar-refractivity contribution in [3.05, 3.63) is 254 Å². The van der Waals surface area contributed by atoms with Crippen LogP contribution in [0.4, 0.5) is 34.1 Å². The Labute approximate surface area is 432 Å². The van der Waals surface area contributed by atoms with Crippen molar-refractivity contribution >= 4 is 121 Å². The summed E-state index contributed by atoms with van der Waals surface area (Å²) >= 11 is 0. The number of furan rings is 3. The number of rotatable bonds is 8. The van der Waals surface area contributed by atoms with Crippen molar-refractivity contribution < 1.29 is 13.3 Å². The largest absolute Gasteiger partial charge is 0.456 e. The van der Waals surface area contributed by atoms with E-state index in [1.54, 1.807) is 0 Å². The smallest absolute Gasteiger partial charge is 0.159 e. The SMILES string of the molecule is Cc1cccc2c1oc1c(N(c3ccc(-c4ccccc4)cc3)c3cc4oc5cc(N(c6ccc(-c7ccccc7)cc6)c6cccc7c6oc6c(C)cccc67)c6ccccc6c5c4c4ccccc34)cccc12. The second-order valence-corrected chi connectivity index (χ2v) is 19.6. The van der Waals surface area contributed by atoms with E-state index in [0.29, 0.717) is 0 Å². The van der Waals surface area contributed by atoms with E-state index in [1.165, 1.54) is 11.1 Å². The standard InChI is InChI=1S/C70H46N2O3/c1-43-17-13-27-55-57-29-15-31-59(69(57)74-67(43)55)71(49-37-33-47(34-38-49)45-19-5-3-6-20-45)61-41-63-65(53-25-11-9-23-51(53)61)66-54-26-12-10-24-52(54)62(42-64(66)73-63)72(50-39-35-48(36-40-50)46-21-7-4-8-22-46)60-32-16-30-58-56-28-14-18-44(2)68(56)75-70(58)60/h3-42H,1-2H3. The van der Waals surface area contributed by atoms with E-state index in [9.17, 15) is 0 Å². The molecule has 0 aliphatic heterocycles. The van der Waals surface area contributed by atoms with Crippen LogP contribution in [0.3, 0.4) is 0 Å². The molecule has 0 amide bonds. The third-order valence-electron chi connectivity index (χ3n) is 15.3. The third kappa shape index (κ3) is 6.71. The number of nitrogens with zero attached hydrogens (tertiary/aromatic N) is 2. The van der Waals surface area contributed by atoms with Crippen LogP contribution in [0.2, 0.25) is 0 Å². The molecule has 0 bridgehead atoms. The minimum Gasteiger partial charge on any atom is -0.456 e. The normalized spacial score (nSPS) is 11.9. The Morgan fingerprint density at radius 2 is 0.587 bits per heavy atom. The second kappa shape index (κ2) is 16.9. The highest BCUT2D eigenvalue weighted by Gasteiger charge is 2.28. The van der Waals surface area contributed by atoms with Crippen LogP contribution in [0.5, 0.6) is 0 Å². The Hall–Kier alpha value is -9.84. The van der Waals surface area contributed by atoms with Crippen molar-refractivity contribution in [3.8, 4) is 22.3 Å². The first-order valence-electron chi connectivity index (χ1n) is 25.6. The molecule has 0 spiro atoms. The molecule has 0 radical (unpaired) electrons. The molecule has 0 aliphatic rings. The molecule has 0 aliphatic carbocycles. The van der Waals surface area contributed by atoms with E-state index in [2.05, 4.69) is 266 Å². The van der Waals surface area contributed by atoms with Crippen LogP contribution in [-0.2, 0) is 0 Å². The maximum atomic E-state index is 7.35. The molecule has 3 aromatic heterocycles. The van der Waals surface area contributed by atoms with Gasteiger partial charge < -0.3 is 23.1 Å². The number of hydrogen-bond donors (Lipinski definition) is 0. The molecule has 15 aromatic rings. The maximum Gasteiger partial charge on any atom is 0.159 e. The second-order valence-electron chi connectivity index (χ2n) is 19.6. The van der Waals surface area contributed by atoms with Gasteiger partial charge in [0.25, 0.3) is 0 Å². The van der Waals surface area contributed by atoms with Gasteiger partial charge in [-0.3, -0.25) is 0 Å². The van der Waals surface area contributed by atoms with Crippen molar-refractivity contribution in [3.63, 3.8) is 0 Å². The number of hydrogen-bond acceptors (Lipinski definition) is 5. The molecular weight excluding hydrogens is 917 g/mol. The molecule has 75 heavy (non-hydrogen) atoms. The first-order valence-corrected chi connectivity index (χ1v) is 25.6. The zero-order valence-corrected chi connectivity index (χ0v) is 41.2. The van der Waals surface area contributed by atoms with Gasteiger partial charge in [0.05, 0.1) is 22.7 Å². The van der Waals surface area contributed by atoms with Crippen LogP contribution >= 0.6 is 0 Å². The van der Waals surface area contributed by atoms with Crippen molar-refractivity contribution in [2.24, 2.45) is 0 Å². The number of aryl methyl sites for hydroxylation is 2. The highest BCUT2D eigenvalue weighted by atomic mass is 16.3. The molecule has 3 heterocycles. The Bertz CT molecular complexity index is 4420. The number of anilines is 6. The van der Waals surface area contributed by atoms with Crippen molar-refractivity contribution in [2.75, 3.05) is 9.80 Å². The minimum atomic E-state index is 0.785. The summed E-state index contributed by atoms with van der Waals surface area (Å²) in [5.74, 6) is 0. The van der Waals surface area contributed by atoms with E-state index in [-0.39, 0.29) is 0 Å². The van der Waals surface area contributed by atoms with E-state index in [0.717, 1.165) is 144 Å². The van der Waals surface area contributed by atoms with E-state index in [4.69, 9.17) is 13.3 Å². The van der Waals surface area contributed by atoms with Crippen LogP contribution in [0, 0.1) is 13.8 Å². The van der Waals surface area contributed by atoms with Gasteiger partial charge in [-0.05, 0) is 94.4 Å². The van der Waals surface area contributed by atoms with Crippen LogP contribution in [-0.4, -0.2) is 0 Å². The highest BCUT2D eigenvalue weighted by Crippen LogP contribution is 2.52. The first-order chi connectivity index (χ1) is 37.0. The van der Waals surface area contributed by atoms with Gasteiger partial charge in [-0.25, -0.2) is 0 Å². The van der Waals surface area contributed by atoms with Gasteiger partial charge >= 0.3 is 0 Å². The summed E-state index contributed by atoms with van der Waals surface area (Å²) < 4.78 is 21.2. The summed E-state index contributed by atoms with van der Waals surface area (Å²) in [5, 5.41) is 10.8. The van der Waals surface area contributed by atoms with Gasteiger partial charge in [-0.1, -0.05) is 194 Å². The van der Waals surface area contributed by atoms with Crippen molar-refractivity contribution in [1.82, 2.24) is 0 Å². The average Bonchev–Trinajstić information content (AvgIpc) is 4.26. The Morgan fingerprint density at radius 1 is 0.253 bits per heavy atom. The predicted octanol–water partition coefficient (Wildman–Crippen LogP) is 20.6. The summed E-state index contributed by atoms with van der Waals surface area (Å²) in [6, 6.07) is 86.5. The summed E-state index contributed by atoms with van der Waals surface area (Å²) in [6.07, 6.45) is 0. The summed E-state index contributed by atoms with van der Waals surface area (Å²) in [7, 11) is 0. The molecule has 12 aromatic carbocycles. The van der Waals surface area contributed by atoms with Gasteiger partial charge in [0.2, 0.25) is 0 Å². The van der Waals surface area contributed by atoms with Gasteiger partial charge in [0.1, 0.15) is 22.3 Å². The molecule has 0 saturated heterocycles. The fourth-order valence-electron chi connectivity index (χ4n) is 11.8. The first kappa shape index (κ1) is 42.8. The molecule has 15 rings (SSSR count). The van der Waals surface area contributed by atoms with Gasteiger partial charge in [-0.2, -0.15) is 0 Å². The quantitative estimate of drug-likeness (QED) is 0.152. The Balaban J connectivity index is 0.991. The third-order valence-corrected chi connectivity index (χ3v) is 15.3. The molecule has 5 nitrogen and oxygen atoms in total. The fourth-order valence-corrected chi connectivity index (χ4v) is 11.8. The number of para-hydroxylation sites is 4. The van der Waals surface area contributed by atoms with E-state index in [1.807, 2.05) is 0 Å². The molecule has 5 heteroatoms. The Kier molecular flexibility index (Phi) is 9.63. The lowest BCUT2D eigenvalue weighted by Gasteiger charge is -2.27. The van der Waals surface area contributed by atoms with E-state index < -0.39 is 0 Å². The topological polar surface area (TPSA) is 45.9 Å². The lowest BCUT2D eigenvalue weighted by atomic mass is 9.96. The van der Waals surface area contributed by atoms with E-state index >= 15 is 0 Å². The average molecular weight is 963 g/mol. The molecule has 0 atom stereocenters. The predicted molar refractivity (Wildman–Crippen MR) is 313 cm³/mol. The van der Waals surface area contributed by atoms with Gasteiger partial charge in [0.15, 0.2) is 11.2 Å². The molecule has 0 saturated carbocycles. The number of benzene rings is 12. The Morgan fingerprint density at radius 3 is 1.00 bits per heavy atom. The van der Waals surface area contributed by atoms with Crippen LogP contribution in [0.25, 0.3) is 110 Å². The minimum absolute atomic E-state index is 0.785. The molecule has 354 valence electrons. The zero-order valence-electron chi connectivity index (χ0n) is 41.2. The zero-order chi connectivity index (χ0) is 49.7. The number of fused-ring (bicyclic) bond motifs is 13. The summed E-state index contributed by atoms with van der Waals surface area (Å²) in [4.78, 5) is 4.70. The molecule has 0 unspecified atom stereocenters. The lowest BCUT2D eigenvalue weighted by Crippen LogP contribution is -2.11. The van der Waals surface area contributed by atoms with Crippen LogP contribution in [0.15, 0.2) is 256 Å². The maximum absolute atomic E-state index is 7.35. The lowest BCUT2D eigenvalue weighted by molar-refractivity contribution is 0.665. The summed E-state index contributed by atoms with van der Waals surface area (Å²) in [5.41, 5.74) is 17.6. The molecular formula is C70H46N2O3. The molecule has 0 N–H and O–H groups in total. The van der Waals surface area contributed by atoms with Gasteiger partial charge in [0, 0.05) is 66.6 Å². The van der Waals surface area contributed by atoms with Crippen LogP contribution in [0.1, 0.15) is 11.1 Å². The summed E-state index contributed by atoms with van der Waals surface area (Å²) in [6.45, 7) is 4.23. The fraction of sp³-hybridized carbons (Fsp3) is 0.0286. The molecule has 0 fully saturated rings. The van der Waals surface area contributed by atoms with Crippen LogP contribution < -0.4 is 9.80 Å². The van der Waals surface area contributed by atoms with Crippen molar-refractivity contribution in [2.45, 2.75) is 13.8 Å².